The smallest absolute Gasteiger partial charge is 0.344 e. The topological polar surface area (TPSA) is 83.8 Å². The van der Waals surface area contributed by atoms with Gasteiger partial charge in [-0.25, -0.2) is 14.9 Å². The highest BCUT2D eigenvalue weighted by Crippen LogP contribution is 2.25. The quantitative estimate of drug-likeness (QED) is 0.891. The number of aliphatic hydroxyl groups excluding tert-OH is 1. The number of hydrogen-bond acceptors (Lipinski definition) is 5. The van der Waals surface area contributed by atoms with Gasteiger partial charge in [0, 0.05) is 12.2 Å². The van der Waals surface area contributed by atoms with Crippen LogP contribution in [0.2, 0.25) is 0 Å². The highest BCUT2D eigenvalue weighted by Gasteiger charge is 2.13. The summed E-state index contributed by atoms with van der Waals surface area (Å²) in [6.45, 7) is 5.53. The summed E-state index contributed by atoms with van der Waals surface area (Å²) < 4.78 is 1.58. The van der Waals surface area contributed by atoms with Gasteiger partial charge in [0.25, 0.3) is 0 Å². The molecule has 0 aliphatic carbocycles. The zero-order chi connectivity index (χ0) is 14.0. The second kappa shape index (κ2) is 5.58. The summed E-state index contributed by atoms with van der Waals surface area (Å²) in [5.41, 5.74) is 0.533. The number of hydrogen-bond donors (Lipinski definition) is 2. The minimum absolute atomic E-state index is 0.0329. The van der Waals surface area contributed by atoms with Crippen molar-refractivity contribution >= 4 is 11.8 Å². The van der Waals surface area contributed by atoms with Gasteiger partial charge in [-0.15, -0.1) is 5.10 Å². The number of H-pyrrole nitrogens is 1. The SMILES string of the molecule is CC(C)n1c(Sc2ccc([C@@H](C)O)cn2)n[nH]c1=O. The predicted molar refractivity (Wildman–Crippen MR) is 72.2 cm³/mol. The second-order valence-electron chi connectivity index (χ2n) is 4.48. The third-order valence-electron chi connectivity index (χ3n) is 2.63. The first kappa shape index (κ1) is 13.8. The number of pyridine rings is 1. The average molecular weight is 280 g/mol. The fourth-order valence-corrected chi connectivity index (χ4v) is 2.52. The van der Waals surface area contributed by atoms with Crippen LogP contribution in [0.25, 0.3) is 0 Å². The predicted octanol–water partition coefficient (Wildman–Crippen LogP) is 1.75. The van der Waals surface area contributed by atoms with Crippen molar-refractivity contribution in [2.45, 2.75) is 43.1 Å². The molecule has 1 atom stereocenters. The Hall–Kier alpha value is -1.60. The Kier molecular flexibility index (Phi) is 4.06. The Morgan fingerprint density at radius 3 is 2.63 bits per heavy atom. The van der Waals surface area contributed by atoms with E-state index < -0.39 is 6.10 Å². The van der Waals surface area contributed by atoms with Crippen LogP contribution in [0.1, 0.15) is 38.5 Å². The first-order valence-electron chi connectivity index (χ1n) is 5.98. The van der Waals surface area contributed by atoms with Crippen LogP contribution < -0.4 is 5.69 Å². The molecule has 2 heterocycles. The van der Waals surface area contributed by atoms with Gasteiger partial charge in [-0.3, -0.25) is 4.57 Å². The fraction of sp³-hybridized carbons (Fsp3) is 0.417. The molecule has 19 heavy (non-hydrogen) atoms. The molecular formula is C12H16N4O2S. The van der Waals surface area contributed by atoms with E-state index in [4.69, 9.17) is 0 Å². The molecule has 0 bridgehead atoms. The largest absolute Gasteiger partial charge is 0.389 e. The number of nitrogens with one attached hydrogen (secondary N) is 1. The summed E-state index contributed by atoms with van der Waals surface area (Å²) in [4.78, 5) is 15.8. The number of nitrogens with zero attached hydrogens (tertiary/aromatic N) is 3. The molecule has 0 radical (unpaired) electrons. The standard InChI is InChI=1S/C12H16N4O2S/c1-7(2)16-11(18)14-15-12(16)19-10-5-4-9(6-13-10)8(3)17/h4-8,17H,1-3H3,(H,14,18)/t8-/m1/s1. The second-order valence-corrected chi connectivity index (χ2v) is 5.47. The Morgan fingerprint density at radius 1 is 1.37 bits per heavy atom. The van der Waals surface area contributed by atoms with E-state index in [0.717, 1.165) is 10.6 Å². The lowest BCUT2D eigenvalue weighted by molar-refractivity contribution is 0.198. The van der Waals surface area contributed by atoms with Gasteiger partial charge < -0.3 is 5.11 Å². The van der Waals surface area contributed by atoms with E-state index in [2.05, 4.69) is 15.2 Å². The van der Waals surface area contributed by atoms with Crippen LogP contribution in [0, 0.1) is 0 Å². The summed E-state index contributed by atoms with van der Waals surface area (Å²) in [5.74, 6) is 0. The molecular weight excluding hydrogens is 264 g/mol. The van der Waals surface area contributed by atoms with Crippen molar-refractivity contribution in [2.24, 2.45) is 0 Å². The van der Waals surface area contributed by atoms with Gasteiger partial charge in [-0.1, -0.05) is 6.07 Å². The van der Waals surface area contributed by atoms with Crippen LogP contribution in [0.5, 0.6) is 0 Å². The molecule has 2 N–H and O–H groups in total. The van der Waals surface area contributed by atoms with Crippen LogP contribution in [0.3, 0.4) is 0 Å². The zero-order valence-corrected chi connectivity index (χ0v) is 11.8. The molecule has 102 valence electrons. The van der Waals surface area contributed by atoms with E-state index in [1.807, 2.05) is 19.9 Å². The lowest BCUT2D eigenvalue weighted by Gasteiger charge is -2.08. The summed E-state index contributed by atoms with van der Waals surface area (Å²) in [6.07, 6.45) is 1.09. The molecule has 0 spiro atoms. The van der Waals surface area contributed by atoms with Crippen molar-refractivity contribution < 1.29 is 5.11 Å². The van der Waals surface area contributed by atoms with Crippen LogP contribution >= 0.6 is 11.8 Å². The van der Waals surface area contributed by atoms with Crippen molar-refractivity contribution in [2.75, 3.05) is 0 Å². The molecule has 6 nitrogen and oxygen atoms in total. The van der Waals surface area contributed by atoms with Crippen molar-refractivity contribution in [1.82, 2.24) is 19.7 Å². The summed E-state index contributed by atoms with van der Waals surface area (Å²) in [6, 6.07) is 3.64. The lowest BCUT2D eigenvalue weighted by atomic mass is 10.2. The van der Waals surface area contributed by atoms with Gasteiger partial charge in [-0.2, -0.15) is 0 Å². The third kappa shape index (κ3) is 3.05. The van der Waals surface area contributed by atoms with Crippen LogP contribution in [-0.4, -0.2) is 24.9 Å². The monoisotopic (exact) mass is 280 g/mol. The Morgan fingerprint density at radius 2 is 2.11 bits per heavy atom. The zero-order valence-electron chi connectivity index (χ0n) is 11.0. The highest BCUT2D eigenvalue weighted by molar-refractivity contribution is 7.99. The first-order chi connectivity index (χ1) is 8.99. The maximum absolute atomic E-state index is 11.6. The van der Waals surface area contributed by atoms with Crippen molar-refractivity contribution in [3.05, 3.63) is 34.4 Å². The van der Waals surface area contributed by atoms with Crippen LogP contribution in [-0.2, 0) is 0 Å². The minimum atomic E-state index is -0.536. The first-order valence-corrected chi connectivity index (χ1v) is 6.79. The van der Waals surface area contributed by atoms with Crippen molar-refractivity contribution in [3.63, 3.8) is 0 Å². The molecule has 0 aliphatic heterocycles. The summed E-state index contributed by atoms with van der Waals surface area (Å²) >= 11 is 1.31. The number of aromatic amines is 1. The van der Waals surface area contributed by atoms with E-state index in [1.54, 1.807) is 23.8 Å². The lowest BCUT2D eigenvalue weighted by Crippen LogP contribution is -2.19. The van der Waals surface area contributed by atoms with Crippen LogP contribution in [0.4, 0.5) is 0 Å². The number of rotatable bonds is 4. The average Bonchev–Trinajstić information content (AvgIpc) is 2.71. The molecule has 7 heteroatoms. The van der Waals surface area contributed by atoms with Gasteiger partial charge >= 0.3 is 5.69 Å². The third-order valence-corrected chi connectivity index (χ3v) is 3.55. The molecule has 0 aromatic carbocycles. The molecule has 0 saturated heterocycles. The molecule has 2 aromatic rings. The van der Waals surface area contributed by atoms with Gasteiger partial charge in [0.05, 0.1) is 6.10 Å². The van der Waals surface area contributed by atoms with E-state index in [1.165, 1.54) is 11.8 Å². The Bertz CT molecular complexity index is 601. The Labute approximate surface area is 114 Å². The number of aromatic nitrogens is 4. The van der Waals surface area contributed by atoms with Crippen molar-refractivity contribution in [3.8, 4) is 0 Å². The molecule has 2 aromatic heterocycles. The summed E-state index contributed by atoms with van der Waals surface area (Å²) in [5, 5.41) is 17.1. The van der Waals surface area contributed by atoms with Gasteiger partial charge in [0.1, 0.15) is 5.03 Å². The van der Waals surface area contributed by atoms with Crippen LogP contribution in [0.15, 0.2) is 33.3 Å². The minimum Gasteiger partial charge on any atom is -0.389 e. The van der Waals surface area contributed by atoms with E-state index >= 15 is 0 Å². The van der Waals surface area contributed by atoms with Gasteiger partial charge in [-0.05, 0) is 44.2 Å². The van der Waals surface area contributed by atoms with E-state index in [9.17, 15) is 9.90 Å². The van der Waals surface area contributed by atoms with Crippen molar-refractivity contribution in [1.29, 1.82) is 0 Å². The van der Waals surface area contributed by atoms with E-state index in [-0.39, 0.29) is 11.7 Å². The highest BCUT2D eigenvalue weighted by atomic mass is 32.2. The maximum atomic E-state index is 11.6. The molecule has 0 fully saturated rings. The molecule has 0 unspecified atom stereocenters. The number of aliphatic hydroxyl groups is 1. The molecule has 0 saturated carbocycles. The molecule has 2 rings (SSSR count). The summed E-state index contributed by atoms with van der Waals surface area (Å²) in [7, 11) is 0. The normalized spacial score (nSPS) is 12.9. The Balaban J connectivity index is 2.24. The van der Waals surface area contributed by atoms with Gasteiger partial charge in [0.15, 0.2) is 5.16 Å². The van der Waals surface area contributed by atoms with E-state index in [0.29, 0.717) is 5.16 Å². The molecule has 0 amide bonds. The maximum Gasteiger partial charge on any atom is 0.344 e. The molecule has 0 aliphatic rings. The fourth-order valence-electron chi connectivity index (χ4n) is 1.61. The van der Waals surface area contributed by atoms with Gasteiger partial charge in [0.2, 0.25) is 0 Å².